The van der Waals surface area contributed by atoms with Gasteiger partial charge in [-0.15, -0.1) is 0 Å². The number of hydrogen-bond acceptors (Lipinski definition) is 3. The average Bonchev–Trinajstić information content (AvgIpc) is 2.02. The third-order valence-corrected chi connectivity index (χ3v) is 3.38. The van der Waals surface area contributed by atoms with Gasteiger partial charge in [-0.05, 0) is 33.1 Å². The Hall–Kier alpha value is -0.350. The molecule has 0 aliphatic rings. The predicted octanol–water partition coefficient (Wildman–Crippen LogP) is 3.05. The topological polar surface area (TPSA) is 28.7 Å². The lowest BCUT2D eigenvalue weighted by Crippen LogP contribution is -2.16. The number of nitrogens with zero attached hydrogens (tertiary/aromatic N) is 1. The van der Waals surface area contributed by atoms with Gasteiger partial charge in [0.05, 0.1) is 4.75 Å². The standard InChI is InChI=1S/C9H14N2S2/c1-6-5-7(12)11-8(10-6)9(2,3)13-4/h5H,1-4H3,(H,10,11,12). The number of aromatic nitrogens is 2. The van der Waals surface area contributed by atoms with Crippen molar-refractivity contribution in [2.75, 3.05) is 6.26 Å². The van der Waals surface area contributed by atoms with Gasteiger partial charge in [0, 0.05) is 5.69 Å². The number of rotatable bonds is 2. The zero-order chi connectivity index (χ0) is 10.1. The molecule has 1 heterocycles. The molecular formula is C9H14N2S2. The Morgan fingerprint density at radius 2 is 2.15 bits per heavy atom. The largest absolute Gasteiger partial charge is 0.346 e. The first kappa shape index (κ1) is 10.7. The van der Waals surface area contributed by atoms with Gasteiger partial charge in [-0.3, -0.25) is 0 Å². The predicted molar refractivity (Wildman–Crippen MR) is 60.7 cm³/mol. The summed E-state index contributed by atoms with van der Waals surface area (Å²) in [5.74, 6) is 0.949. The van der Waals surface area contributed by atoms with Gasteiger partial charge >= 0.3 is 0 Å². The molecule has 0 unspecified atom stereocenters. The molecule has 0 radical (unpaired) electrons. The third kappa shape index (κ3) is 2.54. The van der Waals surface area contributed by atoms with Crippen LogP contribution in [0, 0.1) is 11.6 Å². The fraction of sp³-hybridized carbons (Fsp3) is 0.556. The van der Waals surface area contributed by atoms with Gasteiger partial charge < -0.3 is 4.98 Å². The van der Waals surface area contributed by atoms with E-state index in [1.165, 1.54) is 0 Å². The van der Waals surface area contributed by atoms with Crippen molar-refractivity contribution in [2.45, 2.75) is 25.5 Å². The number of aromatic amines is 1. The quantitative estimate of drug-likeness (QED) is 0.767. The van der Waals surface area contributed by atoms with Crippen LogP contribution in [-0.4, -0.2) is 16.2 Å². The van der Waals surface area contributed by atoms with E-state index in [1.54, 1.807) is 11.8 Å². The van der Waals surface area contributed by atoms with Crippen molar-refractivity contribution in [3.63, 3.8) is 0 Å². The molecule has 0 aliphatic heterocycles. The Morgan fingerprint density at radius 1 is 1.54 bits per heavy atom. The van der Waals surface area contributed by atoms with Crippen molar-refractivity contribution in [1.82, 2.24) is 9.97 Å². The Bertz CT molecular complexity index is 355. The summed E-state index contributed by atoms with van der Waals surface area (Å²) < 4.78 is 0.660. The maximum atomic E-state index is 5.06. The highest BCUT2D eigenvalue weighted by atomic mass is 32.2. The first-order valence-electron chi connectivity index (χ1n) is 4.09. The van der Waals surface area contributed by atoms with Gasteiger partial charge in [0.15, 0.2) is 0 Å². The van der Waals surface area contributed by atoms with Crippen LogP contribution in [0.2, 0.25) is 0 Å². The second-order valence-electron chi connectivity index (χ2n) is 3.47. The Kier molecular flexibility index (Phi) is 3.14. The highest BCUT2D eigenvalue weighted by molar-refractivity contribution is 7.99. The summed E-state index contributed by atoms with van der Waals surface area (Å²) in [5, 5.41) is 0. The lowest BCUT2D eigenvalue weighted by Gasteiger charge is -2.20. The molecule has 1 rings (SSSR count). The molecule has 0 atom stereocenters. The molecule has 4 heteroatoms. The van der Waals surface area contributed by atoms with Crippen LogP contribution in [0.5, 0.6) is 0 Å². The van der Waals surface area contributed by atoms with Gasteiger partial charge in [-0.1, -0.05) is 12.2 Å². The van der Waals surface area contributed by atoms with Crippen molar-refractivity contribution < 1.29 is 0 Å². The molecule has 13 heavy (non-hydrogen) atoms. The first-order valence-corrected chi connectivity index (χ1v) is 5.72. The van der Waals surface area contributed by atoms with E-state index in [2.05, 4.69) is 30.1 Å². The molecule has 0 aromatic carbocycles. The maximum Gasteiger partial charge on any atom is 0.130 e. The number of H-pyrrole nitrogens is 1. The lowest BCUT2D eigenvalue weighted by atomic mass is 10.2. The van der Waals surface area contributed by atoms with Crippen LogP contribution in [0.1, 0.15) is 25.4 Å². The minimum Gasteiger partial charge on any atom is -0.346 e. The average molecular weight is 214 g/mol. The summed E-state index contributed by atoms with van der Waals surface area (Å²) in [4.78, 5) is 7.56. The highest BCUT2D eigenvalue weighted by Gasteiger charge is 2.21. The summed E-state index contributed by atoms with van der Waals surface area (Å²) in [6, 6.07) is 1.87. The third-order valence-electron chi connectivity index (χ3n) is 1.96. The Morgan fingerprint density at radius 3 is 2.62 bits per heavy atom. The molecule has 0 fully saturated rings. The molecule has 1 aromatic heterocycles. The van der Waals surface area contributed by atoms with Crippen LogP contribution >= 0.6 is 24.0 Å². The normalized spacial score (nSPS) is 11.7. The highest BCUT2D eigenvalue weighted by Crippen LogP contribution is 2.30. The van der Waals surface area contributed by atoms with E-state index < -0.39 is 0 Å². The van der Waals surface area contributed by atoms with Crippen molar-refractivity contribution in [3.8, 4) is 0 Å². The number of nitrogens with one attached hydrogen (secondary N) is 1. The second-order valence-corrected chi connectivity index (χ2v) is 5.31. The van der Waals surface area contributed by atoms with Crippen LogP contribution in [0.25, 0.3) is 0 Å². The lowest BCUT2D eigenvalue weighted by molar-refractivity contribution is 0.702. The fourth-order valence-electron chi connectivity index (χ4n) is 0.960. The number of hydrogen-bond donors (Lipinski definition) is 1. The second kappa shape index (κ2) is 3.80. The van der Waals surface area contributed by atoms with E-state index in [-0.39, 0.29) is 4.75 Å². The first-order chi connectivity index (χ1) is 5.95. The van der Waals surface area contributed by atoms with Crippen LogP contribution in [0.3, 0.4) is 0 Å². The molecule has 0 aliphatic carbocycles. The molecular weight excluding hydrogens is 200 g/mol. The van der Waals surface area contributed by atoms with Crippen LogP contribution in [-0.2, 0) is 4.75 Å². The summed E-state index contributed by atoms with van der Waals surface area (Å²) in [6.45, 7) is 6.26. The van der Waals surface area contributed by atoms with E-state index in [9.17, 15) is 0 Å². The van der Waals surface area contributed by atoms with Crippen LogP contribution in [0.15, 0.2) is 6.07 Å². The smallest absolute Gasteiger partial charge is 0.130 e. The van der Waals surface area contributed by atoms with E-state index in [0.717, 1.165) is 11.5 Å². The molecule has 0 saturated carbocycles. The molecule has 72 valence electrons. The van der Waals surface area contributed by atoms with E-state index in [0.29, 0.717) is 4.64 Å². The molecule has 0 saturated heterocycles. The maximum absolute atomic E-state index is 5.06. The van der Waals surface area contributed by atoms with Gasteiger partial charge in [0.25, 0.3) is 0 Å². The summed E-state index contributed by atoms with van der Waals surface area (Å²) in [6.07, 6.45) is 2.07. The van der Waals surface area contributed by atoms with E-state index >= 15 is 0 Å². The minimum absolute atomic E-state index is 0.000417. The van der Waals surface area contributed by atoms with Crippen molar-refractivity contribution in [1.29, 1.82) is 0 Å². The monoisotopic (exact) mass is 214 g/mol. The zero-order valence-corrected chi connectivity index (χ0v) is 9.97. The van der Waals surface area contributed by atoms with Gasteiger partial charge in [-0.2, -0.15) is 11.8 Å². The number of thioether (sulfide) groups is 1. The minimum atomic E-state index is -0.000417. The zero-order valence-electron chi connectivity index (χ0n) is 8.34. The molecule has 0 amide bonds. The Balaban J connectivity index is 3.23. The van der Waals surface area contributed by atoms with Crippen LogP contribution in [0.4, 0.5) is 0 Å². The van der Waals surface area contributed by atoms with Crippen molar-refractivity contribution in [2.24, 2.45) is 0 Å². The van der Waals surface area contributed by atoms with Gasteiger partial charge in [0.1, 0.15) is 10.5 Å². The SMILES string of the molecule is CSC(C)(C)c1nc(=S)cc(C)[nH]1. The Labute approximate surface area is 88.2 Å². The molecule has 2 nitrogen and oxygen atoms in total. The summed E-state index contributed by atoms with van der Waals surface area (Å²) >= 11 is 6.82. The van der Waals surface area contributed by atoms with Crippen molar-refractivity contribution in [3.05, 3.63) is 22.2 Å². The van der Waals surface area contributed by atoms with Crippen molar-refractivity contribution >= 4 is 24.0 Å². The summed E-state index contributed by atoms with van der Waals surface area (Å²) in [7, 11) is 0. The molecule has 1 aromatic rings. The van der Waals surface area contributed by atoms with Gasteiger partial charge in [0.2, 0.25) is 0 Å². The summed E-state index contributed by atoms with van der Waals surface area (Å²) in [5.41, 5.74) is 1.07. The van der Waals surface area contributed by atoms with Crippen LogP contribution < -0.4 is 0 Å². The molecule has 0 bridgehead atoms. The molecule has 1 N–H and O–H groups in total. The van der Waals surface area contributed by atoms with Gasteiger partial charge in [-0.25, -0.2) is 4.98 Å². The van der Waals surface area contributed by atoms with E-state index in [1.807, 2.05) is 13.0 Å². The van der Waals surface area contributed by atoms with E-state index in [4.69, 9.17) is 12.2 Å². The fourth-order valence-corrected chi connectivity index (χ4v) is 1.52. The molecule has 0 spiro atoms. The number of aryl methyl sites for hydroxylation is 1.